The van der Waals surface area contributed by atoms with E-state index < -0.39 is 5.97 Å². The van der Waals surface area contributed by atoms with Crippen LogP contribution in [-0.2, 0) is 0 Å². The summed E-state index contributed by atoms with van der Waals surface area (Å²) in [6.07, 6.45) is 1.28. The minimum absolute atomic E-state index is 0.0993. The standard InChI is InChI=1S/C12H6Cl3NO2/c13-7-1-6(2-8(14)3-7)10-4-9(15)5-16-11(10)12(17)18/h1-5H,(H,17,18). The summed E-state index contributed by atoms with van der Waals surface area (Å²) in [7, 11) is 0. The number of aromatic carboxylic acids is 1. The Morgan fingerprint density at radius 3 is 2.17 bits per heavy atom. The first-order valence-electron chi connectivity index (χ1n) is 4.82. The molecule has 0 aliphatic rings. The predicted molar refractivity (Wildman–Crippen MR) is 71.7 cm³/mol. The summed E-state index contributed by atoms with van der Waals surface area (Å²) >= 11 is 17.6. The van der Waals surface area contributed by atoms with Crippen LogP contribution in [0.2, 0.25) is 15.1 Å². The molecule has 0 atom stereocenters. The molecule has 0 fully saturated rings. The van der Waals surface area contributed by atoms with Crippen molar-refractivity contribution in [1.82, 2.24) is 4.98 Å². The molecule has 1 N–H and O–H groups in total. The molecule has 18 heavy (non-hydrogen) atoms. The molecule has 1 aromatic heterocycles. The lowest BCUT2D eigenvalue weighted by Crippen LogP contribution is -2.02. The van der Waals surface area contributed by atoms with Crippen molar-refractivity contribution >= 4 is 40.8 Å². The van der Waals surface area contributed by atoms with Gasteiger partial charge in [-0.1, -0.05) is 34.8 Å². The Bertz CT molecular complexity index is 608. The van der Waals surface area contributed by atoms with Crippen molar-refractivity contribution in [2.75, 3.05) is 0 Å². The lowest BCUT2D eigenvalue weighted by molar-refractivity contribution is 0.0691. The molecule has 6 heteroatoms. The van der Waals surface area contributed by atoms with Crippen molar-refractivity contribution in [2.24, 2.45) is 0 Å². The average Bonchev–Trinajstić information content (AvgIpc) is 2.27. The summed E-state index contributed by atoms with van der Waals surface area (Å²) in [4.78, 5) is 14.9. The van der Waals surface area contributed by atoms with E-state index in [4.69, 9.17) is 39.9 Å². The smallest absolute Gasteiger partial charge is 0.355 e. The van der Waals surface area contributed by atoms with E-state index >= 15 is 0 Å². The first-order chi connectivity index (χ1) is 8.47. The number of rotatable bonds is 2. The molecule has 2 rings (SSSR count). The third kappa shape index (κ3) is 2.75. The third-order valence-electron chi connectivity index (χ3n) is 2.23. The number of pyridine rings is 1. The molecular weight excluding hydrogens is 296 g/mol. The van der Waals surface area contributed by atoms with E-state index in [1.165, 1.54) is 12.3 Å². The van der Waals surface area contributed by atoms with Crippen molar-refractivity contribution < 1.29 is 9.90 Å². The Labute approximate surface area is 118 Å². The zero-order chi connectivity index (χ0) is 13.3. The van der Waals surface area contributed by atoms with Crippen molar-refractivity contribution in [1.29, 1.82) is 0 Å². The highest BCUT2D eigenvalue weighted by atomic mass is 35.5. The first-order valence-corrected chi connectivity index (χ1v) is 5.96. The van der Waals surface area contributed by atoms with Crippen LogP contribution < -0.4 is 0 Å². The number of halogens is 3. The van der Waals surface area contributed by atoms with Crippen molar-refractivity contribution in [3.05, 3.63) is 51.2 Å². The van der Waals surface area contributed by atoms with Gasteiger partial charge < -0.3 is 5.11 Å². The largest absolute Gasteiger partial charge is 0.476 e. The first kappa shape index (κ1) is 13.1. The van der Waals surface area contributed by atoms with Crippen LogP contribution in [-0.4, -0.2) is 16.1 Å². The maximum Gasteiger partial charge on any atom is 0.355 e. The van der Waals surface area contributed by atoms with E-state index in [9.17, 15) is 4.79 Å². The Morgan fingerprint density at radius 2 is 1.61 bits per heavy atom. The molecule has 0 spiro atoms. The molecule has 1 aromatic carbocycles. The van der Waals surface area contributed by atoms with Gasteiger partial charge in [0, 0.05) is 21.8 Å². The summed E-state index contributed by atoms with van der Waals surface area (Å²) in [6, 6.07) is 6.28. The summed E-state index contributed by atoms with van der Waals surface area (Å²) in [5, 5.41) is 10.2. The number of hydrogen-bond donors (Lipinski definition) is 1. The molecule has 0 unspecified atom stereocenters. The molecule has 0 saturated heterocycles. The van der Waals surface area contributed by atoms with Crippen LogP contribution in [0.15, 0.2) is 30.5 Å². The molecular formula is C12H6Cl3NO2. The van der Waals surface area contributed by atoms with Crippen LogP contribution >= 0.6 is 34.8 Å². The second-order valence-electron chi connectivity index (χ2n) is 3.51. The highest BCUT2D eigenvalue weighted by molar-refractivity contribution is 6.35. The number of nitrogens with zero attached hydrogens (tertiary/aromatic N) is 1. The lowest BCUT2D eigenvalue weighted by atomic mass is 10.0. The van der Waals surface area contributed by atoms with Gasteiger partial charge in [-0.2, -0.15) is 0 Å². The fraction of sp³-hybridized carbons (Fsp3) is 0. The average molecular weight is 303 g/mol. The zero-order valence-electron chi connectivity index (χ0n) is 8.82. The minimum Gasteiger partial charge on any atom is -0.476 e. The van der Waals surface area contributed by atoms with Crippen LogP contribution in [0.3, 0.4) is 0 Å². The quantitative estimate of drug-likeness (QED) is 0.894. The highest BCUT2D eigenvalue weighted by Gasteiger charge is 2.14. The monoisotopic (exact) mass is 301 g/mol. The van der Waals surface area contributed by atoms with Gasteiger partial charge >= 0.3 is 5.97 Å². The normalized spacial score (nSPS) is 10.4. The van der Waals surface area contributed by atoms with Crippen molar-refractivity contribution in [3.63, 3.8) is 0 Å². The van der Waals surface area contributed by atoms with Crippen LogP contribution in [0.4, 0.5) is 0 Å². The molecule has 1 heterocycles. The number of carboxylic acids is 1. The van der Waals surface area contributed by atoms with Gasteiger partial charge in [-0.25, -0.2) is 9.78 Å². The summed E-state index contributed by atoms with van der Waals surface area (Å²) in [5.74, 6) is -1.14. The number of carbonyl (C=O) groups is 1. The second kappa shape index (κ2) is 5.14. The molecule has 0 aliphatic carbocycles. The zero-order valence-corrected chi connectivity index (χ0v) is 11.1. The Kier molecular flexibility index (Phi) is 3.76. The fourth-order valence-electron chi connectivity index (χ4n) is 1.54. The molecule has 0 aliphatic heterocycles. The predicted octanol–water partition coefficient (Wildman–Crippen LogP) is 4.41. The molecule has 0 bridgehead atoms. The number of aromatic nitrogens is 1. The van der Waals surface area contributed by atoms with Gasteiger partial charge in [-0.05, 0) is 29.8 Å². The van der Waals surface area contributed by atoms with Crippen LogP contribution in [0.5, 0.6) is 0 Å². The molecule has 3 nitrogen and oxygen atoms in total. The summed E-state index contributed by atoms with van der Waals surface area (Å²) in [6.45, 7) is 0. The van der Waals surface area contributed by atoms with Gasteiger partial charge in [0.1, 0.15) is 0 Å². The number of benzene rings is 1. The van der Waals surface area contributed by atoms with Gasteiger partial charge in [0.15, 0.2) is 5.69 Å². The van der Waals surface area contributed by atoms with Crippen LogP contribution in [0, 0.1) is 0 Å². The fourth-order valence-corrected chi connectivity index (χ4v) is 2.22. The number of carboxylic acid groups (broad SMARTS) is 1. The molecule has 92 valence electrons. The molecule has 2 aromatic rings. The topological polar surface area (TPSA) is 50.2 Å². The van der Waals surface area contributed by atoms with Gasteiger partial charge in [0.2, 0.25) is 0 Å². The van der Waals surface area contributed by atoms with Gasteiger partial charge in [0.05, 0.1) is 5.02 Å². The van der Waals surface area contributed by atoms with E-state index in [0.717, 1.165) is 0 Å². The molecule has 0 radical (unpaired) electrons. The summed E-state index contributed by atoms with van der Waals surface area (Å²) < 4.78 is 0. The van der Waals surface area contributed by atoms with Gasteiger partial charge in [-0.3, -0.25) is 0 Å². The Hall–Kier alpha value is -1.29. The lowest BCUT2D eigenvalue weighted by Gasteiger charge is -2.07. The Balaban J connectivity index is 2.68. The second-order valence-corrected chi connectivity index (χ2v) is 4.82. The Morgan fingerprint density at radius 1 is 1.00 bits per heavy atom. The summed E-state index contributed by atoms with van der Waals surface area (Å²) in [5.41, 5.74) is 0.831. The van der Waals surface area contributed by atoms with Crippen molar-refractivity contribution in [2.45, 2.75) is 0 Å². The van der Waals surface area contributed by atoms with Gasteiger partial charge in [0.25, 0.3) is 0 Å². The van der Waals surface area contributed by atoms with Crippen LogP contribution in [0.25, 0.3) is 11.1 Å². The number of hydrogen-bond acceptors (Lipinski definition) is 2. The third-order valence-corrected chi connectivity index (χ3v) is 2.87. The van der Waals surface area contributed by atoms with Crippen molar-refractivity contribution in [3.8, 4) is 11.1 Å². The maximum atomic E-state index is 11.1. The van der Waals surface area contributed by atoms with E-state index in [-0.39, 0.29) is 5.69 Å². The van der Waals surface area contributed by atoms with E-state index in [0.29, 0.717) is 26.2 Å². The minimum atomic E-state index is -1.14. The maximum absolute atomic E-state index is 11.1. The van der Waals surface area contributed by atoms with E-state index in [2.05, 4.69) is 4.98 Å². The highest BCUT2D eigenvalue weighted by Crippen LogP contribution is 2.30. The van der Waals surface area contributed by atoms with Gasteiger partial charge in [-0.15, -0.1) is 0 Å². The molecule has 0 saturated carbocycles. The van der Waals surface area contributed by atoms with E-state index in [1.807, 2.05) is 0 Å². The van der Waals surface area contributed by atoms with E-state index in [1.54, 1.807) is 18.2 Å². The molecule has 0 amide bonds. The van der Waals surface area contributed by atoms with Crippen LogP contribution in [0.1, 0.15) is 10.5 Å². The SMILES string of the molecule is O=C(O)c1ncc(Cl)cc1-c1cc(Cl)cc(Cl)c1.